The van der Waals surface area contributed by atoms with E-state index in [0.29, 0.717) is 11.8 Å². The van der Waals surface area contributed by atoms with Crippen LogP contribution in [0.3, 0.4) is 0 Å². The molecule has 2 atom stereocenters. The predicted octanol–water partition coefficient (Wildman–Crippen LogP) is 2.84. The van der Waals surface area contributed by atoms with Gasteiger partial charge in [0.1, 0.15) is 6.29 Å². The van der Waals surface area contributed by atoms with Crippen LogP contribution >= 0.6 is 0 Å². The molecule has 0 heterocycles. The van der Waals surface area contributed by atoms with Gasteiger partial charge in [-0.3, -0.25) is 0 Å². The minimum absolute atomic E-state index is 0.276. The first-order chi connectivity index (χ1) is 6.28. The molecule has 1 rings (SSSR count). The molecule has 0 aromatic carbocycles. The molecule has 0 bridgehead atoms. The molecule has 14 heavy (non-hydrogen) atoms. The number of rotatable bonds is 4. The highest BCUT2D eigenvalue weighted by Gasteiger charge is 2.42. The van der Waals surface area contributed by atoms with E-state index in [0.717, 1.165) is 19.3 Å². The SMILES string of the molecule is CC(C)(C)[Si](C)(C)OC[C@H]1C[C@H]1C=O. The van der Waals surface area contributed by atoms with Crippen LogP contribution in [0.2, 0.25) is 18.1 Å². The minimum atomic E-state index is -1.59. The molecule has 0 amide bonds. The van der Waals surface area contributed by atoms with Crippen molar-refractivity contribution in [1.29, 1.82) is 0 Å². The van der Waals surface area contributed by atoms with Gasteiger partial charge in [-0.2, -0.15) is 0 Å². The molecular formula is C11H22O2Si. The van der Waals surface area contributed by atoms with Gasteiger partial charge in [0.2, 0.25) is 0 Å². The largest absolute Gasteiger partial charge is 0.417 e. The smallest absolute Gasteiger partial charge is 0.191 e. The summed E-state index contributed by atoms with van der Waals surface area (Å²) in [6.45, 7) is 12.0. The minimum Gasteiger partial charge on any atom is -0.417 e. The Hall–Kier alpha value is -0.153. The lowest BCUT2D eigenvalue weighted by atomic mass is 10.2. The summed E-state index contributed by atoms with van der Waals surface area (Å²) in [5, 5.41) is 0.276. The average Bonchev–Trinajstić information content (AvgIpc) is 2.77. The summed E-state index contributed by atoms with van der Waals surface area (Å²) in [6, 6.07) is 0. The molecule has 0 aromatic rings. The molecule has 0 N–H and O–H groups in total. The lowest BCUT2D eigenvalue weighted by Crippen LogP contribution is -2.41. The summed E-state index contributed by atoms with van der Waals surface area (Å²) in [5.74, 6) is 0.807. The maximum atomic E-state index is 10.5. The fraction of sp³-hybridized carbons (Fsp3) is 0.909. The molecule has 0 unspecified atom stereocenters. The van der Waals surface area contributed by atoms with Crippen molar-refractivity contribution in [2.75, 3.05) is 6.61 Å². The van der Waals surface area contributed by atoms with E-state index in [4.69, 9.17) is 4.43 Å². The van der Waals surface area contributed by atoms with Crippen LogP contribution in [-0.2, 0) is 9.22 Å². The van der Waals surface area contributed by atoms with Crippen molar-refractivity contribution < 1.29 is 9.22 Å². The van der Waals surface area contributed by atoms with E-state index in [-0.39, 0.29) is 5.04 Å². The quantitative estimate of drug-likeness (QED) is 0.531. The molecule has 0 saturated heterocycles. The van der Waals surface area contributed by atoms with Gasteiger partial charge in [0.25, 0.3) is 0 Å². The van der Waals surface area contributed by atoms with E-state index in [9.17, 15) is 4.79 Å². The summed E-state index contributed by atoms with van der Waals surface area (Å²) in [5.41, 5.74) is 0. The second-order valence-electron chi connectivity index (χ2n) is 5.87. The highest BCUT2D eigenvalue weighted by atomic mass is 28.4. The Morgan fingerprint density at radius 1 is 1.43 bits per heavy atom. The first kappa shape index (κ1) is 11.9. The third kappa shape index (κ3) is 2.67. The zero-order chi connectivity index (χ0) is 11.0. The highest BCUT2D eigenvalue weighted by molar-refractivity contribution is 6.74. The van der Waals surface area contributed by atoms with Gasteiger partial charge in [-0.05, 0) is 30.5 Å². The first-order valence-electron chi connectivity index (χ1n) is 5.37. The van der Waals surface area contributed by atoms with Crippen molar-refractivity contribution >= 4 is 14.6 Å². The van der Waals surface area contributed by atoms with Crippen LogP contribution in [-0.4, -0.2) is 21.2 Å². The van der Waals surface area contributed by atoms with Crippen molar-refractivity contribution in [1.82, 2.24) is 0 Å². The summed E-state index contributed by atoms with van der Waals surface area (Å²) >= 11 is 0. The molecule has 1 fully saturated rings. The van der Waals surface area contributed by atoms with Gasteiger partial charge in [-0.25, -0.2) is 0 Å². The third-order valence-corrected chi connectivity index (χ3v) is 8.12. The van der Waals surface area contributed by atoms with Gasteiger partial charge in [-0.1, -0.05) is 20.8 Å². The molecule has 1 aliphatic rings. The maximum Gasteiger partial charge on any atom is 0.191 e. The van der Waals surface area contributed by atoms with Gasteiger partial charge in [0.15, 0.2) is 8.32 Å². The topological polar surface area (TPSA) is 26.3 Å². The third-order valence-electron chi connectivity index (χ3n) is 3.62. The Balaban J connectivity index is 2.34. The van der Waals surface area contributed by atoms with E-state index in [1.54, 1.807) is 0 Å². The Labute approximate surface area is 88.2 Å². The van der Waals surface area contributed by atoms with Crippen LogP contribution in [0, 0.1) is 11.8 Å². The number of carbonyl (C=O) groups excluding carboxylic acids is 1. The van der Waals surface area contributed by atoms with Crippen LogP contribution in [0.4, 0.5) is 0 Å². The van der Waals surface area contributed by atoms with E-state index >= 15 is 0 Å². The Kier molecular flexibility index (Phi) is 3.22. The number of aldehydes is 1. The molecule has 2 nitrogen and oxygen atoms in total. The number of carbonyl (C=O) groups is 1. The molecule has 0 aromatic heterocycles. The van der Waals surface area contributed by atoms with Gasteiger partial charge in [0, 0.05) is 12.5 Å². The van der Waals surface area contributed by atoms with Crippen LogP contribution in [0.15, 0.2) is 0 Å². The number of hydrogen-bond acceptors (Lipinski definition) is 2. The first-order valence-corrected chi connectivity index (χ1v) is 8.28. The van der Waals surface area contributed by atoms with E-state index in [2.05, 4.69) is 33.9 Å². The second kappa shape index (κ2) is 3.78. The second-order valence-corrected chi connectivity index (χ2v) is 10.7. The van der Waals surface area contributed by atoms with Crippen LogP contribution in [0.25, 0.3) is 0 Å². The summed E-state index contributed by atoms with van der Waals surface area (Å²) in [6.07, 6.45) is 2.11. The predicted molar refractivity (Wildman–Crippen MR) is 60.8 cm³/mol. The van der Waals surface area contributed by atoms with Gasteiger partial charge in [0.05, 0.1) is 0 Å². The van der Waals surface area contributed by atoms with Gasteiger partial charge in [-0.15, -0.1) is 0 Å². The summed E-state index contributed by atoms with van der Waals surface area (Å²) in [7, 11) is -1.59. The molecular weight excluding hydrogens is 192 g/mol. The van der Waals surface area contributed by atoms with Crippen molar-refractivity contribution in [3.05, 3.63) is 0 Å². The Morgan fingerprint density at radius 3 is 2.36 bits per heavy atom. The molecule has 3 heteroatoms. The van der Waals surface area contributed by atoms with Crippen LogP contribution in [0.5, 0.6) is 0 Å². The van der Waals surface area contributed by atoms with Crippen molar-refractivity contribution in [2.24, 2.45) is 11.8 Å². The summed E-state index contributed by atoms with van der Waals surface area (Å²) in [4.78, 5) is 10.5. The zero-order valence-electron chi connectivity index (χ0n) is 9.96. The zero-order valence-corrected chi connectivity index (χ0v) is 11.0. The van der Waals surface area contributed by atoms with Gasteiger partial charge >= 0.3 is 0 Å². The normalized spacial score (nSPS) is 27.5. The van der Waals surface area contributed by atoms with Gasteiger partial charge < -0.3 is 9.22 Å². The van der Waals surface area contributed by atoms with Crippen molar-refractivity contribution in [3.63, 3.8) is 0 Å². The molecule has 0 spiro atoms. The van der Waals surface area contributed by atoms with E-state index in [1.807, 2.05) is 0 Å². The molecule has 0 aliphatic heterocycles. The molecule has 82 valence electrons. The standard InChI is InChI=1S/C11H22O2Si/c1-11(2,3)14(4,5)13-8-10-6-9(10)7-12/h7,9-10H,6,8H2,1-5H3/t9-,10+/m0/s1. The molecule has 0 radical (unpaired) electrons. The lowest BCUT2D eigenvalue weighted by molar-refractivity contribution is -0.109. The molecule has 1 saturated carbocycles. The van der Waals surface area contributed by atoms with Crippen LogP contribution < -0.4 is 0 Å². The van der Waals surface area contributed by atoms with E-state index < -0.39 is 8.32 Å². The van der Waals surface area contributed by atoms with Crippen molar-refractivity contribution in [2.45, 2.75) is 45.3 Å². The fourth-order valence-electron chi connectivity index (χ4n) is 1.16. The average molecular weight is 214 g/mol. The molecule has 1 aliphatic carbocycles. The monoisotopic (exact) mass is 214 g/mol. The van der Waals surface area contributed by atoms with Crippen LogP contribution in [0.1, 0.15) is 27.2 Å². The summed E-state index contributed by atoms with van der Waals surface area (Å²) < 4.78 is 6.03. The lowest BCUT2D eigenvalue weighted by Gasteiger charge is -2.36. The fourth-order valence-corrected chi connectivity index (χ4v) is 2.22. The van der Waals surface area contributed by atoms with E-state index in [1.165, 1.54) is 0 Å². The maximum absolute atomic E-state index is 10.5. The van der Waals surface area contributed by atoms with Crippen molar-refractivity contribution in [3.8, 4) is 0 Å². The Bertz CT molecular complexity index is 218. The number of hydrogen-bond donors (Lipinski definition) is 0. The Morgan fingerprint density at radius 2 is 2.00 bits per heavy atom. The highest BCUT2D eigenvalue weighted by Crippen LogP contribution is 2.41.